The summed E-state index contributed by atoms with van der Waals surface area (Å²) in [4.78, 5) is 14.4. The zero-order valence-corrected chi connectivity index (χ0v) is 16.2. The summed E-state index contributed by atoms with van der Waals surface area (Å²) in [6.07, 6.45) is 4.73. The molecular weight excluding hydrogens is 348 g/mol. The fraction of sp³-hybridized carbons (Fsp3) is 0.733. The zero-order valence-electron chi connectivity index (χ0n) is 13.7. The lowest BCUT2D eigenvalue weighted by Crippen LogP contribution is -2.52. The highest BCUT2D eigenvalue weighted by Gasteiger charge is 2.40. The maximum atomic E-state index is 12.7. The molecule has 0 N–H and O–H groups in total. The number of nitrogens with zero attached hydrogens (tertiary/aromatic N) is 4. The van der Waals surface area contributed by atoms with E-state index in [9.17, 15) is 10.1 Å². The van der Waals surface area contributed by atoms with Crippen molar-refractivity contribution in [3.05, 3.63) is 0 Å². The van der Waals surface area contributed by atoms with Crippen molar-refractivity contribution in [3.63, 3.8) is 0 Å². The third-order valence-corrected chi connectivity index (χ3v) is 7.25. The third-order valence-electron chi connectivity index (χ3n) is 4.14. The Labute approximate surface area is 150 Å². The Hall–Kier alpha value is -0.780. The molecule has 1 aromatic heterocycles. The van der Waals surface area contributed by atoms with Crippen molar-refractivity contribution in [3.8, 4) is 6.07 Å². The summed E-state index contributed by atoms with van der Waals surface area (Å²) >= 11 is 4.61. The van der Waals surface area contributed by atoms with Crippen LogP contribution in [0.3, 0.4) is 0 Å². The minimum Gasteiger partial charge on any atom is -0.326 e. The molecule has 1 amide bonds. The van der Waals surface area contributed by atoms with Crippen LogP contribution in [0.25, 0.3) is 0 Å². The van der Waals surface area contributed by atoms with E-state index in [0.717, 1.165) is 46.5 Å². The lowest BCUT2D eigenvalue weighted by molar-refractivity contribution is -0.133. The van der Waals surface area contributed by atoms with Crippen molar-refractivity contribution in [1.29, 1.82) is 5.26 Å². The van der Waals surface area contributed by atoms with E-state index in [4.69, 9.17) is 0 Å². The molecule has 1 aliphatic carbocycles. The van der Waals surface area contributed by atoms with Crippen LogP contribution in [0.1, 0.15) is 46.0 Å². The number of carbonyl (C=O) groups excluding carboxylic acids is 1. The van der Waals surface area contributed by atoms with E-state index < -0.39 is 5.54 Å². The topological polar surface area (TPSA) is 69.9 Å². The van der Waals surface area contributed by atoms with Crippen molar-refractivity contribution in [2.24, 2.45) is 0 Å². The monoisotopic (exact) mass is 370 g/mol. The molecule has 126 valence electrons. The summed E-state index contributed by atoms with van der Waals surface area (Å²) in [5, 5.41) is 17.6. The molecule has 0 spiro atoms. The molecular formula is C15H22N4OS3. The predicted molar refractivity (Wildman–Crippen MR) is 95.8 cm³/mol. The quantitative estimate of drug-likeness (QED) is 0.709. The lowest BCUT2D eigenvalue weighted by Gasteiger charge is -2.39. The minimum absolute atomic E-state index is 0.00153. The highest BCUT2D eigenvalue weighted by Crippen LogP contribution is 2.35. The van der Waals surface area contributed by atoms with Crippen molar-refractivity contribution >= 4 is 40.8 Å². The predicted octanol–water partition coefficient (Wildman–Crippen LogP) is 3.82. The number of carbonyl (C=O) groups is 1. The Bertz CT molecular complexity index is 578. The normalized spacial score (nSPS) is 18.2. The van der Waals surface area contributed by atoms with E-state index in [-0.39, 0.29) is 11.2 Å². The van der Waals surface area contributed by atoms with E-state index in [1.165, 1.54) is 23.1 Å². The van der Waals surface area contributed by atoms with Crippen molar-refractivity contribution in [2.45, 2.75) is 65.4 Å². The number of thioether (sulfide) groups is 2. The van der Waals surface area contributed by atoms with Gasteiger partial charge >= 0.3 is 0 Å². The van der Waals surface area contributed by atoms with Crippen molar-refractivity contribution in [2.75, 3.05) is 12.8 Å². The Morgan fingerprint density at radius 3 is 2.65 bits per heavy atom. The average Bonchev–Trinajstić information content (AvgIpc) is 3.01. The van der Waals surface area contributed by atoms with Gasteiger partial charge in [-0.05, 0) is 25.5 Å². The van der Waals surface area contributed by atoms with Gasteiger partial charge in [0.15, 0.2) is 8.68 Å². The second-order valence-corrected chi connectivity index (χ2v) is 9.70. The van der Waals surface area contributed by atoms with Crippen LogP contribution in [0, 0.1) is 11.3 Å². The van der Waals surface area contributed by atoms with Crippen LogP contribution in [-0.4, -0.2) is 44.6 Å². The molecule has 0 saturated heterocycles. The van der Waals surface area contributed by atoms with Gasteiger partial charge < -0.3 is 4.90 Å². The number of nitriles is 1. The van der Waals surface area contributed by atoms with E-state index in [1.807, 2.05) is 6.92 Å². The van der Waals surface area contributed by atoms with Crippen LogP contribution >= 0.6 is 34.9 Å². The molecule has 8 heteroatoms. The van der Waals surface area contributed by atoms with Gasteiger partial charge in [0.1, 0.15) is 5.54 Å². The van der Waals surface area contributed by atoms with E-state index in [2.05, 4.69) is 23.2 Å². The van der Waals surface area contributed by atoms with Gasteiger partial charge in [-0.15, -0.1) is 10.2 Å². The molecule has 1 heterocycles. The second-order valence-electron chi connectivity index (χ2n) is 5.63. The van der Waals surface area contributed by atoms with Gasteiger partial charge in [-0.2, -0.15) is 5.26 Å². The number of amides is 1. The van der Waals surface area contributed by atoms with Crippen LogP contribution in [-0.2, 0) is 4.79 Å². The van der Waals surface area contributed by atoms with Crippen LogP contribution in [0.15, 0.2) is 8.68 Å². The molecule has 0 bridgehead atoms. The third kappa shape index (κ3) is 4.40. The molecule has 0 aromatic carbocycles. The molecule has 0 unspecified atom stereocenters. The first-order chi connectivity index (χ1) is 11.0. The fourth-order valence-electron chi connectivity index (χ4n) is 2.77. The Kier molecular flexibility index (Phi) is 6.74. The van der Waals surface area contributed by atoms with Gasteiger partial charge in [-0.25, -0.2) is 0 Å². The summed E-state index contributed by atoms with van der Waals surface area (Å²) in [7, 11) is 1.77. The van der Waals surface area contributed by atoms with Crippen LogP contribution in [0.5, 0.6) is 0 Å². The molecule has 23 heavy (non-hydrogen) atoms. The molecule has 1 aliphatic rings. The number of hydrogen-bond acceptors (Lipinski definition) is 7. The SMILES string of the molecule is CCSc1nnc(S[C@H](C)C(=O)N(C)C2(C#N)CCCCC2)s1. The molecule has 1 saturated carbocycles. The smallest absolute Gasteiger partial charge is 0.236 e. The van der Waals surface area contributed by atoms with Crippen molar-refractivity contribution < 1.29 is 4.79 Å². The van der Waals surface area contributed by atoms with Crippen LogP contribution in [0.2, 0.25) is 0 Å². The molecule has 0 radical (unpaired) electrons. The van der Waals surface area contributed by atoms with Crippen LogP contribution in [0.4, 0.5) is 0 Å². The van der Waals surface area contributed by atoms with Gasteiger partial charge in [-0.3, -0.25) is 4.79 Å². The van der Waals surface area contributed by atoms with E-state index in [0.29, 0.717) is 0 Å². The molecule has 1 aromatic rings. The van der Waals surface area contributed by atoms with Gasteiger partial charge in [0.25, 0.3) is 0 Å². The average molecular weight is 371 g/mol. The summed E-state index contributed by atoms with van der Waals surface area (Å²) in [5.74, 6) is 0.958. The second kappa shape index (κ2) is 8.36. The van der Waals surface area contributed by atoms with Gasteiger partial charge in [0.05, 0.1) is 11.3 Å². The highest BCUT2D eigenvalue weighted by atomic mass is 32.2. The number of rotatable bonds is 6. The van der Waals surface area contributed by atoms with E-state index >= 15 is 0 Å². The maximum absolute atomic E-state index is 12.7. The maximum Gasteiger partial charge on any atom is 0.236 e. The van der Waals surface area contributed by atoms with Gasteiger partial charge in [0, 0.05) is 7.05 Å². The molecule has 1 fully saturated rings. The first-order valence-electron chi connectivity index (χ1n) is 7.84. The summed E-state index contributed by atoms with van der Waals surface area (Å²) < 4.78 is 1.74. The molecule has 5 nitrogen and oxygen atoms in total. The minimum atomic E-state index is -0.630. The number of hydrogen-bond donors (Lipinski definition) is 0. The fourth-order valence-corrected chi connectivity index (χ4v) is 5.92. The van der Waals surface area contributed by atoms with Gasteiger partial charge in [0.2, 0.25) is 5.91 Å². The van der Waals surface area contributed by atoms with E-state index in [1.54, 1.807) is 23.7 Å². The first-order valence-corrected chi connectivity index (χ1v) is 10.5. The lowest BCUT2D eigenvalue weighted by atomic mass is 9.81. The van der Waals surface area contributed by atoms with Crippen molar-refractivity contribution in [1.82, 2.24) is 15.1 Å². The Balaban J connectivity index is 2.01. The molecule has 0 aliphatic heterocycles. The molecule has 1 atom stereocenters. The number of aromatic nitrogens is 2. The summed E-state index contributed by atoms with van der Waals surface area (Å²) in [6, 6.07) is 2.40. The van der Waals surface area contributed by atoms with Gasteiger partial charge in [-0.1, -0.05) is 61.0 Å². The summed E-state index contributed by atoms with van der Waals surface area (Å²) in [5.41, 5.74) is -0.630. The van der Waals surface area contributed by atoms with Crippen LogP contribution < -0.4 is 0 Å². The zero-order chi connectivity index (χ0) is 16.9. The Morgan fingerprint density at radius 2 is 2.04 bits per heavy atom. The molecule has 2 rings (SSSR count). The largest absolute Gasteiger partial charge is 0.326 e. The highest BCUT2D eigenvalue weighted by molar-refractivity contribution is 8.03. The first kappa shape index (κ1) is 18.6. The summed E-state index contributed by atoms with van der Waals surface area (Å²) in [6.45, 7) is 3.96. The Morgan fingerprint density at radius 1 is 1.39 bits per heavy atom. The standard InChI is InChI=1S/C15H22N4OS3/c1-4-21-13-17-18-14(23-13)22-11(2)12(20)19(3)15(10-16)8-6-5-7-9-15/h11H,4-9H2,1-3H3/t11-/m1/s1.